The van der Waals surface area contributed by atoms with Crippen molar-refractivity contribution in [1.29, 1.82) is 0 Å². The summed E-state index contributed by atoms with van der Waals surface area (Å²) in [6.45, 7) is 1.36. The van der Waals surface area contributed by atoms with Crippen LogP contribution >= 0.6 is 23.2 Å². The molecule has 0 saturated heterocycles. The van der Waals surface area contributed by atoms with Gasteiger partial charge in [-0.25, -0.2) is 8.42 Å². The van der Waals surface area contributed by atoms with Crippen molar-refractivity contribution in [3.63, 3.8) is 0 Å². The molecule has 2 aromatic rings. The highest BCUT2D eigenvalue weighted by Gasteiger charge is 2.31. The highest BCUT2D eigenvalue weighted by Crippen LogP contribution is 2.23. The zero-order chi connectivity index (χ0) is 23.2. The van der Waals surface area contributed by atoms with E-state index in [1.54, 1.807) is 43.3 Å². The van der Waals surface area contributed by atoms with Crippen LogP contribution in [0, 0.1) is 0 Å². The number of sulfonamides is 1. The summed E-state index contributed by atoms with van der Waals surface area (Å²) in [6, 6.07) is 12.3. The van der Waals surface area contributed by atoms with Gasteiger partial charge in [0.2, 0.25) is 21.8 Å². The molecule has 0 fully saturated rings. The van der Waals surface area contributed by atoms with E-state index in [4.69, 9.17) is 23.2 Å². The molecule has 0 aliphatic heterocycles. The molecule has 0 radical (unpaired) electrons. The smallest absolute Gasteiger partial charge is 0.244 e. The number of hydrogen-bond acceptors (Lipinski definition) is 4. The molecule has 2 aromatic carbocycles. The maximum atomic E-state index is 13.3. The quantitative estimate of drug-likeness (QED) is 0.589. The van der Waals surface area contributed by atoms with Crippen LogP contribution in [0.4, 0.5) is 5.69 Å². The second kappa shape index (κ2) is 10.8. The molecule has 1 atom stereocenters. The molecule has 31 heavy (non-hydrogen) atoms. The molecule has 0 saturated carbocycles. The van der Waals surface area contributed by atoms with E-state index in [2.05, 4.69) is 5.32 Å². The van der Waals surface area contributed by atoms with Crippen molar-refractivity contribution in [2.75, 3.05) is 24.2 Å². The summed E-state index contributed by atoms with van der Waals surface area (Å²) in [6.07, 6.45) is 1.36. The van der Waals surface area contributed by atoms with Gasteiger partial charge in [-0.05, 0) is 42.3 Å². The molecule has 0 unspecified atom stereocenters. The first-order chi connectivity index (χ1) is 14.6. The molecular weight excluding hydrogens is 461 g/mol. The summed E-state index contributed by atoms with van der Waals surface area (Å²) < 4.78 is 25.9. The number of rotatable bonds is 9. The van der Waals surface area contributed by atoms with Crippen molar-refractivity contribution in [2.45, 2.75) is 25.9 Å². The number of hydrogen-bond donors (Lipinski definition) is 1. The van der Waals surface area contributed by atoms with Crippen LogP contribution < -0.4 is 9.62 Å². The largest absolute Gasteiger partial charge is 0.357 e. The van der Waals surface area contributed by atoms with Crippen molar-refractivity contribution in [3.8, 4) is 0 Å². The number of anilines is 1. The minimum Gasteiger partial charge on any atom is -0.357 e. The second-order valence-corrected chi connectivity index (χ2v) is 9.65. The summed E-state index contributed by atoms with van der Waals surface area (Å²) in [7, 11) is -2.30. The Kier molecular flexibility index (Phi) is 8.73. The van der Waals surface area contributed by atoms with Crippen molar-refractivity contribution >= 4 is 50.7 Å². The SMILES string of the molecule is CC[C@@H](C(=O)NC)N(Cc1ccccc1Cl)C(=O)CN(c1ccc(Cl)cc1)S(C)(=O)=O. The Hall–Kier alpha value is -2.29. The van der Waals surface area contributed by atoms with Crippen LogP contribution in [0.5, 0.6) is 0 Å². The van der Waals surface area contributed by atoms with E-state index >= 15 is 0 Å². The van der Waals surface area contributed by atoms with E-state index in [9.17, 15) is 18.0 Å². The number of nitrogens with one attached hydrogen (secondary N) is 1. The molecule has 0 heterocycles. The maximum Gasteiger partial charge on any atom is 0.244 e. The molecule has 1 N–H and O–H groups in total. The van der Waals surface area contributed by atoms with E-state index in [-0.39, 0.29) is 12.5 Å². The molecule has 0 aromatic heterocycles. The molecule has 7 nitrogen and oxygen atoms in total. The molecule has 168 valence electrons. The molecule has 0 aliphatic rings. The molecule has 2 amide bonds. The number of nitrogens with zero attached hydrogens (tertiary/aromatic N) is 2. The number of likely N-dealkylation sites (N-methyl/N-ethyl adjacent to an activating group) is 1. The third kappa shape index (κ3) is 6.59. The summed E-state index contributed by atoms with van der Waals surface area (Å²) in [5, 5.41) is 3.45. The summed E-state index contributed by atoms with van der Waals surface area (Å²) in [5.41, 5.74) is 0.947. The zero-order valence-electron chi connectivity index (χ0n) is 17.5. The highest BCUT2D eigenvalue weighted by molar-refractivity contribution is 7.92. The minimum absolute atomic E-state index is 0.0582. The lowest BCUT2D eigenvalue weighted by atomic mass is 10.1. The van der Waals surface area contributed by atoms with Gasteiger partial charge in [0, 0.05) is 23.6 Å². The number of benzene rings is 2. The fourth-order valence-corrected chi connectivity index (χ4v) is 4.29. The Bertz CT molecular complexity index is 1030. The molecule has 0 aliphatic carbocycles. The van der Waals surface area contributed by atoms with Gasteiger partial charge in [0.05, 0.1) is 11.9 Å². The van der Waals surface area contributed by atoms with Crippen LogP contribution in [-0.2, 0) is 26.2 Å². The fraction of sp³-hybridized carbons (Fsp3) is 0.333. The summed E-state index contributed by atoms with van der Waals surface area (Å²) in [5.74, 6) is -0.879. The zero-order valence-corrected chi connectivity index (χ0v) is 19.8. The fourth-order valence-electron chi connectivity index (χ4n) is 3.12. The van der Waals surface area contributed by atoms with Gasteiger partial charge < -0.3 is 10.2 Å². The van der Waals surface area contributed by atoms with E-state index < -0.39 is 28.5 Å². The average Bonchev–Trinajstić information content (AvgIpc) is 2.72. The van der Waals surface area contributed by atoms with E-state index in [0.717, 1.165) is 10.6 Å². The topological polar surface area (TPSA) is 86.8 Å². The lowest BCUT2D eigenvalue weighted by Crippen LogP contribution is -2.51. The summed E-state index contributed by atoms with van der Waals surface area (Å²) in [4.78, 5) is 27.2. The molecular formula is C21H25Cl2N3O4S. The van der Waals surface area contributed by atoms with Gasteiger partial charge in [-0.2, -0.15) is 0 Å². The van der Waals surface area contributed by atoms with Gasteiger partial charge in [0.25, 0.3) is 0 Å². The van der Waals surface area contributed by atoms with Gasteiger partial charge in [0.1, 0.15) is 12.6 Å². The van der Waals surface area contributed by atoms with Crippen LogP contribution in [-0.4, -0.2) is 51.0 Å². The normalized spacial score (nSPS) is 12.2. The highest BCUT2D eigenvalue weighted by atomic mass is 35.5. The third-order valence-electron chi connectivity index (χ3n) is 4.72. The first-order valence-electron chi connectivity index (χ1n) is 9.56. The number of amides is 2. The number of carbonyl (C=O) groups is 2. The number of halogens is 2. The first-order valence-corrected chi connectivity index (χ1v) is 12.2. The van der Waals surface area contributed by atoms with Crippen LogP contribution in [0.15, 0.2) is 48.5 Å². The Morgan fingerprint density at radius 2 is 1.68 bits per heavy atom. The van der Waals surface area contributed by atoms with E-state index in [0.29, 0.717) is 27.7 Å². The van der Waals surface area contributed by atoms with Gasteiger partial charge in [-0.3, -0.25) is 13.9 Å². The predicted octanol–water partition coefficient (Wildman–Crippen LogP) is 3.31. The third-order valence-corrected chi connectivity index (χ3v) is 6.49. The average molecular weight is 486 g/mol. The van der Waals surface area contributed by atoms with Crippen LogP contribution in [0.1, 0.15) is 18.9 Å². The van der Waals surface area contributed by atoms with Crippen molar-refractivity contribution in [2.24, 2.45) is 0 Å². The Morgan fingerprint density at radius 3 is 2.19 bits per heavy atom. The first kappa shape index (κ1) is 25.0. The van der Waals surface area contributed by atoms with Crippen molar-refractivity contribution in [3.05, 3.63) is 64.1 Å². The molecule has 10 heteroatoms. The van der Waals surface area contributed by atoms with Crippen molar-refractivity contribution < 1.29 is 18.0 Å². The van der Waals surface area contributed by atoms with Gasteiger partial charge in [-0.1, -0.05) is 48.3 Å². The van der Waals surface area contributed by atoms with Crippen LogP contribution in [0.25, 0.3) is 0 Å². The van der Waals surface area contributed by atoms with E-state index in [1.165, 1.54) is 24.1 Å². The lowest BCUT2D eigenvalue weighted by Gasteiger charge is -2.32. The maximum absolute atomic E-state index is 13.3. The van der Waals surface area contributed by atoms with Crippen LogP contribution in [0.3, 0.4) is 0 Å². The van der Waals surface area contributed by atoms with Crippen molar-refractivity contribution in [1.82, 2.24) is 10.2 Å². The summed E-state index contributed by atoms with van der Waals surface area (Å²) >= 11 is 12.2. The monoisotopic (exact) mass is 485 g/mol. The molecule has 2 rings (SSSR count). The predicted molar refractivity (Wildman–Crippen MR) is 124 cm³/mol. The Labute approximate surface area is 193 Å². The Morgan fingerprint density at radius 1 is 1.06 bits per heavy atom. The van der Waals surface area contributed by atoms with Gasteiger partial charge in [-0.15, -0.1) is 0 Å². The Balaban J connectivity index is 2.43. The van der Waals surface area contributed by atoms with Gasteiger partial charge in [0.15, 0.2) is 0 Å². The lowest BCUT2D eigenvalue weighted by molar-refractivity contribution is -0.140. The molecule has 0 spiro atoms. The standard InChI is InChI=1S/C21H25Cl2N3O4S/c1-4-19(21(28)24-2)25(13-15-7-5-6-8-18(15)23)20(27)14-26(31(3,29)30)17-11-9-16(22)10-12-17/h5-12,19H,4,13-14H2,1-3H3,(H,24,28)/t19-/m0/s1. The van der Waals surface area contributed by atoms with Gasteiger partial charge >= 0.3 is 0 Å². The second-order valence-electron chi connectivity index (χ2n) is 6.90. The minimum atomic E-state index is -3.78. The number of carbonyl (C=O) groups excluding carboxylic acids is 2. The van der Waals surface area contributed by atoms with Crippen LogP contribution in [0.2, 0.25) is 10.0 Å². The van der Waals surface area contributed by atoms with E-state index in [1.807, 2.05) is 0 Å². The molecule has 0 bridgehead atoms.